The summed E-state index contributed by atoms with van der Waals surface area (Å²) in [4.78, 5) is 11.4. The Bertz CT molecular complexity index is 785. The van der Waals surface area contributed by atoms with Crippen molar-refractivity contribution in [2.45, 2.75) is 20.8 Å². The molecule has 0 aliphatic heterocycles. The third kappa shape index (κ3) is 4.78. The first-order chi connectivity index (χ1) is 12.0. The Morgan fingerprint density at radius 3 is 2.68 bits per heavy atom. The van der Waals surface area contributed by atoms with Crippen molar-refractivity contribution in [3.63, 3.8) is 0 Å². The Labute approximate surface area is 144 Å². The van der Waals surface area contributed by atoms with E-state index in [1.54, 1.807) is 6.92 Å². The maximum absolute atomic E-state index is 11.4. The smallest absolute Gasteiger partial charge is 0.344 e. The van der Waals surface area contributed by atoms with Crippen molar-refractivity contribution in [3.8, 4) is 11.8 Å². The van der Waals surface area contributed by atoms with Crippen LogP contribution < -0.4 is 10.1 Å². The van der Waals surface area contributed by atoms with Crippen molar-refractivity contribution in [2.75, 3.05) is 18.5 Å². The molecule has 2 rings (SSSR count). The van der Waals surface area contributed by atoms with Crippen LogP contribution in [0.3, 0.4) is 0 Å². The Morgan fingerprint density at radius 2 is 2.12 bits per heavy atom. The van der Waals surface area contributed by atoms with Crippen molar-refractivity contribution in [2.24, 2.45) is 0 Å². The van der Waals surface area contributed by atoms with Crippen LogP contribution in [0.25, 0.3) is 5.57 Å². The van der Waals surface area contributed by atoms with Gasteiger partial charge in [0.15, 0.2) is 6.61 Å². The number of nitrogens with zero attached hydrogens (tertiary/aromatic N) is 4. The molecule has 0 amide bonds. The van der Waals surface area contributed by atoms with Gasteiger partial charge in [-0.25, -0.2) is 4.79 Å². The molecule has 1 aromatic heterocycles. The Hall–Kier alpha value is -3.41. The van der Waals surface area contributed by atoms with E-state index in [9.17, 15) is 4.79 Å². The number of ether oxygens (including phenoxy) is 2. The lowest BCUT2D eigenvalue weighted by molar-refractivity contribution is -0.145. The number of carbonyl (C=O) groups excluding carboxylic acids is 1. The van der Waals surface area contributed by atoms with Crippen molar-refractivity contribution in [1.29, 1.82) is 5.26 Å². The lowest BCUT2D eigenvalue weighted by Gasteiger charge is -2.13. The molecule has 25 heavy (non-hydrogen) atoms. The molecule has 9 nitrogen and oxygen atoms in total. The van der Waals surface area contributed by atoms with Gasteiger partial charge in [-0.15, -0.1) is 10.2 Å². The first-order valence-electron chi connectivity index (χ1n) is 7.55. The number of rotatable bonds is 7. The summed E-state index contributed by atoms with van der Waals surface area (Å²) in [7, 11) is 0. The molecule has 9 heteroatoms. The van der Waals surface area contributed by atoms with Gasteiger partial charge >= 0.3 is 5.97 Å². The molecule has 0 spiro atoms. The average molecular weight is 342 g/mol. The number of H-pyrrole nitrogens is 1. The molecule has 0 fully saturated rings. The Morgan fingerprint density at radius 1 is 1.40 bits per heavy atom. The quantitative estimate of drug-likeness (QED) is 0.575. The van der Waals surface area contributed by atoms with Crippen LogP contribution in [0.4, 0.5) is 5.69 Å². The number of esters is 1. The summed E-state index contributed by atoms with van der Waals surface area (Å²) in [6, 6.07) is 5.68. The van der Waals surface area contributed by atoms with E-state index < -0.39 is 5.97 Å². The number of benzene rings is 1. The van der Waals surface area contributed by atoms with E-state index in [2.05, 4.69) is 25.9 Å². The van der Waals surface area contributed by atoms with E-state index in [1.165, 1.54) is 6.20 Å². The number of allylic oxidation sites excluding steroid dienone is 1. The monoisotopic (exact) mass is 342 g/mol. The fourth-order valence-electron chi connectivity index (χ4n) is 2.17. The predicted molar refractivity (Wildman–Crippen MR) is 89.4 cm³/mol. The zero-order chi connectivity index (χ0) is 18.2. The third-order valence-electron chi connectivity index (χ3n) is 3.19. The van der Waals surface area contributed by atoms with E-state index >= 15 is 0 Å². The largest absolute Gasteiger partial charge is 0.481 e. The summed E-state index contributed by atoms with van der Waals surface area (Å²) >= 11 is 0. The number of tetrazole rings is 1. The predicted octanol–water partition coefficient (Wildman–Crippen LogP) is 1.74. The van der Waals surface area contributed by atoms with Gasteiger partial charge in [0.2, 0.25) is 5.82 Å². The highest BCUT2D eigenvalue weighted by molar-refractivity contribution is 5.74. The Balaban J connectivity index is 2.11. The SMILES string of the molecule is CCOC(=O)COc1c(C)cc(NC=C(C#N)c2nn[nH]n2)cc1C. The van der Waals surface area contributed by atoms with Gasteiger partial charge in [0.25, 0.3) is 0 Å². The van der Waals surface area contributed by atoms with Gasteiger partial charge in [-0.05, 0) is 49.2 Å². The van der Waals surface area contributed by atoms with Crippen LogP contribution in [0, 0.1) is 25.2 Å². The molecule has 1 aromatic carbocycles. The van der Waals surface area contributed by atoms with Crippen LogP contribution in [0.2, 0.25) is 0 Å². The number of nitriles is 1. The lowest BCUT2D eigenvalue weighted by atomic mass is 10.1. The van der Waals surface area contributed by atoms with Crippen molar-refractivity contribution in [1.82, 2.24) is 20.6 Å². The molecule has 2 aromatic rings. The molecular formula is C16H18N6O3. The second-order valence-corrected chi connectivity index (χ2v) is 5.08. The molecule has 0 bridgehead atoms. The molecule has 0 atom stereocenters. The molecule has 0 radical (unpaired) electrons. The Kier molecular flexibility index (Phi) is 6.06. The second-order valence-electron chi connectivity index (χ2n) is 5.08. The highest BCUT2D eigenvalue weighted by atomic mass is 16.6. The fraction of sp³-hybridized carbons (Fsp3) is 0.312. The highest BCUT2D eigenvalue weighted by Gasteiger charge is 2.10. The van der Waals surface area contributed by atoms with Crippen LogP contribution in [0.1, 0.15) is 23.9 Å². The van der Waals surface area contributed by atoms with E-state index in [0.29, 0.717) is 12.4 Å². The number of hydrogen-bond donors (Lipinski definition) is 2. The topological polar surface area (TPSA) is 126 Å². The van der Waals surface area contributed by atoms with Gasteiger partial charge in [0.05, 0.1) is 6.61 Å². The van der Waals surface area contributed by atoms with Crippen molar-refractivity contribution in [3.05, 3.63) is 35.3 Å². The molecule has 0 aliphatic carbocycles. The van der Waals surface area contributed by atoms with E-state index in [-0.39, 0.29) is 18.0 Å². The minimum Gasteiger partial charge on any atom is -0.481 e. The molecular weight excluding hydrogens is 324 g/mol. The molecule has 130 valence electrons. The van der Waals surface area contributed by atoms with Crippen LogP contribution in [0.15, 0.2) is 18.3 Å². The van der Waals surface area contributed by atoms with Gasteiger partial charge in [0, 0.05) is 11.9 Å². The number of aromatic amines is 1. The molecule has 2 N–H and O–H groups in total. The van der Waals surface area contributed by atoms with Crippen LogP contribution in [-0.4, -0.2) is 39.8 Å². The lowest BCUT2D eigenvalue weighted by Crippen LogP contribution is -2.15. The van der Waals surface area contributed by atoms with Gasteiger partial charge in [-0.2, -0.15) is 10.5 Å². The summed E-state index contributed by atoms with van der Waals surface area (Å²) in [6.07, 6.45) is 1.50. The number of carbonyl (C=O) groups is 1. The average Bonchev–Trinajstić information content (AvgIpc) is 3.09. The van der Waals surface area contributed by atoms with Crippen molar-refractivity contribution < 1.29 is 14.3 Å². The standard InChI is InChI=1S/C16H18N6O3/c1-4-24-14(23)9-25-15-10(2)5-13(6-11(15)3)18-8-12(7-17)16-19-21-22-20-16/h5-6,8,18H,4,9H2,1-3H3,(H,19,20,21,22). The van der Waals surface area contributed by atoms with Gasteiger partial charge in [0.1, 0.15) is 17.4 Å². The first kappa shape index (κ1) is 17.9. The number of aryl methyl sites for hydroxylation is 2. The number of anilines is 1. The molecule has 0 aliphatic rings. The summed E-state index contributed by atoms with van der Waals surface area (Å²) < 4.78 is 10.4. The first-order valence-corrected chi connectivity index (χ1v) is 7.55. The minimum absolute atomic E-state index is 0.140. The zero-order valence-corrected chi connectivity index (χ0v) is 14.2. The van der Waals surface area contributed by atoms with E-state index in [1.807, 2.05) is 32.0 Å². The normalized spacial score (nSPS) is 10.9. The fourth-order valence-corrected chi connectivity index (χ4v) is 2.17. The maximum Gasteiger partial charge on any atom is 0.344 e. The van der Waals surface area contributed by atoms with Crippen LogP contribution in [-0.2, 0) is 9.53 Å². The zero-order valence-electron chi connectivity index (χ0n) is 14.2. The molecule has 0 saturated carbocycles. The minimum atomic E-state index is -0.412. The van der Waals surface area contributed by atoms with Gasteiger partial charge in [-0.3, -0.25) is 0 Å². The molecule has 0 saturated heterocycles. The van der Waals surface area contributed by atoms with Crippen molar-refractivity contribution >= 4 is 17.2 Å². The van der Waals surface area contributed by atoms with E-state index in [4.69, 9.17) is 14.7 Å². The number of hydrogen-bond acceptors (Lipinski definition) is 8. The highest BCUT2D eigenvalue weighted by Crippen LogP contribution is 2.27. The van der Waals surface area contributed by atoms with Crippen LogP contribution in [0.5, 0.6) is 5.75 Å². The summed E-state index contributed by atoms with van der Waals surface area (Å²) in [5, 5.41) is 25.4. The molecule has 0 unspecified atom stereocenters. The third-order valence-corrected chi connectivity index (χ3v) is 3.19. The van der Waals surface area contributed by atoms with E-state index in [0.717, 1.165) is 16.8 Å². The second kappa shape index (κ2) is 8.44. The van der Waals surface area contributed by atoms with Gasteiger partial charge < -0.3 is 14.8 Å². The summed E-state index contributed by atoms with van der Waals surface area (Å²) in [5.41, 5.74) is 2.69. The maximum atomic E-state index is 11.4. The van der Waals surface area contributed by atoms with Crippen LogP contribution >= 0.6 is 0 Å². The number of nitrogens with one attached hydrogen (secondary N) is 2. The van der Waals surface area contributed by atoms with Gasteiger partial charge in [-0.1, -0.05) is 0 Å². The molecule has 1 heterocycles. The number of aromatic nitrogens is 4. The summed E-state index contributed by atoms with van der Waals surface area (Å²) in [5.74, 6) is 0.421. The summed E-state index contributed by atoms with van der Waals surface area (Å²) in [6.45, 7) is 5.65.